The molecule has 0 radical (unpaired) electrons. The number of ketones is 1. The molecule has 0 saturated carbocycles. The number of para-hydroxylation sites is 1. The van der Waals surface area contributed by atoms with E-state index in [0.717, 1.165) is 46.1 Å². The maximum Gasteiger partial charge on any atom is 0.340 e. The van der Waals surface area contributed by atoms with Crippen molar-refractivity contribution >= 4 is 22.7 Å². The Hall–Kier alpha value is -3.79. The number of aromatic nitrogens is 1. The van der Waals surface area contributed by atoms with Gasteiger partial charge >= 0.3 is 5.97 Å². The summed E-state index contributed by atoms with van der Waals surface area (Å²) in [5.74, 6) is -0.740. The first-order chi connectivity index (χ1) is 16.9. The number of hydrogen-bond donors (Lipinski definition) is 0. The van der Waals surface area contributed by atoms with Gasteiger partial charge in [-0.3, -0.25) is 9.78 Å². The number of nitrogens with zero attached hydrogens (tertiary/aromatic N) is 1. The number of esters is 1. The maximum atomic E-state index is 13.8. The van der Waals surface area contributed by atoms with E-state index in [1.807, 2.05) is 81.4 Å². The highest BCUT2D eigenvalue weighted by atomic mass is 16.5. The molecule has 0 unspecified atom stereocenters. The van der Waals surface area contributed by atoms with Crippen molar-refractivity contribution in [2.75, 3.05) is 0 Å². The zero-order valence-corrected chi connectivity index (χ0v) is 20.8. The zero-order valence-electron chi connectivity index (χ0n) is 20.8. The van der Waals surface area contributed by atoms with Crippen molar-refractivity contribution in [3.8, 4) is 0 Å². The number of aryl methyl sites for hydroxylation is 3. The molecule has 0 saturated heterocycles. The molecule has 1 heterocycles. The highest BCUT2D eigenvalue weighted by Gasteiger charge is 2.29. The van der Waals surface area contributed by atoms with Crippen molar-refractivity contribution in [2.24, 2.45) is 0 Å². The predicted octanol–water partition coefficient (Wildman–Crippen LogP) is 7.15. The SMILES string of the molecule is CCCc1nc2ccccc2c(C(=O)O[C@@H](C(=O)c2ccc(C)cc2)c2ccc(C)cc2)c1CC. The van der Waals surface area contributed by atoms with Gasteiger partial charge in [0.2, 0.25) is 5.78 Å². The van der Waals surface area contributed by atoms with Crippen LogP contribution in [-0.2, 0) is 17.6 Å². The highest BCUT2D eigenvalue weighted by Crippen LogP contribution is 2.30. The van der Waals surface area contributed by atoms with Gasteiger partial charge < -0.3 is 4.74 Å². The van der Waals surface area contributed by atoms with Crippen molar-refractivity contribution in [3.05, 3.63) is 112 Å². The largest absolute Gasteiger partial charge is 0.445 e. The van der Waals surface area contributed by atoms with Crippen LogP contribution in [0, 0.1) is 13.8 Å². The lowest BCUT2D eigenvalue weighted by molar-refractivity contribution is 0.0280. The Morgan fingerprint density at radius 3 is 2.11 bits per heavy atom. The van der Waals surface area contributed by atoms with Crippen LogP contribution < -0.4 is 0 Å². The van der Waals surface area contributed by atoms with Crippen molar-refractivity contribution in [1.29, 1.82) is 0 Å². The number of pyridine rings is 1. The van der Waals surface area contributed by atoms with E-state index in [4.69, 9.17) is 9.72 Å². The lowest BCUT2D eigenvalue weighted by Crippen LogP contribution is -2.22. The third-order valence-corrected chi connectivity index (χ3v) is 6.30. The Kier molecular flexibility index (Phi) is 7.40. The van der Waals surface area contributed by atoms with Crippen molar-refractivity contribution in [1.82, 2.24) is 4.98 Å². The number of fused-ring (bicyclic) bond motifs is 1. The Morgan fingerprint density at radius 1 is 0.857 bits per heavy atom. The Morgan fingerprint density at radius 2 is 1.49 bits per heavy atom. The molecule has 0 N–H and O–H groups in total. The van der Waals surface area contributed by atoms with E-state index in [1.165, 1.54) is 0 Å². The van der Waals surface area contributed by atoms with Crippen LogP contribution >= 0.6 is 0 Å². The summed E-state index contributed by atoms with van der Waals surface area (Å²) in [5, 5.41) is 0.750. The number of ether oxygens (including phenoxy) is 1. The molecule has 35 heavy (non-hydrogen) atoms. The fraction of sp³-hybridized carbons (Fsp3) is 0.258. The second-order valence-corrected chi connectivity index (χ2v) is 8.96. The normalized spacial score (nSPS) is 11.9. The Bertz CT molecular complexity index is 1350. The second-order valence-electron chi connectivity index (χ2n) is 8.96. The van der Waals surface area contributed by atoms with E-state index in [2.05, 4.69) is 6.92 Å². The Labute approximate surface area is 207 Å². The van der Waals surface area contributed by atoms with Crippen LogP contribution in [-0.4, -0.2) is 16.7 Å². The molecule has 0 amide bonds. The molecule has 1 atom stereocenters. The fourth-order valence-corrected chi connectivity index (χ4v) is 4.41. The molecule has 0 bridgehead atoms. The van der Waals surface area contributed by atoms with Gasteiger partial charge in [0, 0.05) is 22.2 Å². The molecule has 178 valence electrons. The summed E-state index contributed by atoms with van der Waals surface area (Å²) in [6, 6.07) is 22.5. The average molecular weight is 466 g/mol. The van der Waals surface area contributed by atoms with E-state index in [9.17, 15) is 9.59 Å². The van der Waals surface area contributed by atoms with Gasteiger partial charge in [0.25, 0.3) is 0 Å². The lowest BCUT2D eigenvalue weighted by Gasteiger charge is -2.20. The topological polar surface area (TPSA) is 56.3 Å². The van der Waals surface area contributed by atoms with Crippen molar-refractivity contribution < 1.29 is 14.3 Å². The number of carbonyl (C=O) groups is 2. The van der Waals surface area contributed by atoms with Gasteiger partial charge in [-0.15, -0.1) is 0 Å². The van der Waals surface area contributed by atoms with Crippen LogP contribution in [0.3, 0.4) is 0 Å². The second kappa shape index (κ2) is 10.6. The Balaban J connectivity index is 1.81. The van der Waals surface area contributed by atoms with Crippen LogP contribution in [0.2, 0.25) is 0 Å². The minimum Gasteiger partial charge on any atom is -0.445 e. The number of benzene rings is 3. The number of Topliss-reactive ketones (excluding diaryl/α,β-unsaturated/α-hetero) is 1. The number of rotatable bonds is 8. The predicted molar refractivity (Wildman–Crippen MR) is 140 cm³/mol. The molecular formula is C31H31NO3. The first-order valence-corrected chi connectivity index (χ1v) is 12.2. The van der Waals surface area contributed by atoms with Gasteiger partial charge in [-0.05, 0) is 38.3 Å². The summed E-state index contributed by atoms with van der Waals surface area (Å²) < 4.78 is 6.08. The summed E-state index contributed by atoms with van der Waals surface area (Å²) in [5.41, 5.74) is 6.37. The molecule has 0 aliphatic carbocycles. The molecule has 1 aromatic heterocycles. The summed E-state index contributed by atoms with van der Waals surface area (Å²) in [7, 11) is 0. The molecular weight excluding hydrogens is 434 g/mol. The highest BCUT2D eigenvalue weighted by molar-refractivity contribution is 6.07. The average Bonchev–Trinajstić information content (AvgIpc) is 2.87. The number of carbonyl (C=O) groups excluding carboxylic acids is 2. The summed E-state index contributed by atoms with van der Waals surface area (Å²) in [6.07, 6.45) is 1.30. The fourth-order valence-electron chi connectivity index (χ4n) is 4.41. The third kappa shape index (κ3) is 5.17. The lowest BCUT2D eigenvalue weighted by atomic mass is 9.95. The zero-order chi connectivity index (χ0) is 24.9. The summed E-state index contributed by atoms with van der Waals surface area (Å²) >= 11 is 0. The monoisotopic (exact) mass is 465 g/mol. The van der Waals surface area contributed by atoms with E-state index in [1.54, 1.807) is 12.1 Å². The first-order valence-electron chi connectivity index (χ1n) is 12.2. The van der Waals surface area contributed by atoms with Gasteiger partial charge in [-0.1, -0.05) is 98.1 Å². The summed E-state index contributed by atoms with van der Waals surface area (Å²) in [6.45, 7) is 8.08. The molecule has 4 rings (SSSR count). The molecule has 4 heteroatoms. The minimum atomic E-state index is -1.04. The van der Waals surface area contributed by atoms with Crippen LogP contribution in [0.1, 0.15) is 75.0 Å². The minimum absolute atomic E-state index is 0.243. The molecule has 4 nitrogen and oxygen atoms in total. The van der Waals surface area contributed by atoms with Gasteiger partial charge in [-0.25, -0.2) is 4.79 Å². The first kappa shape index (κ1) is 24.3. The van der Waals surface area contributed by atoms with E-state index < -0.39 is 12.1 Å². The molecule has 0 aliphatic rings. The van der Waals surface area contributed by atoms with Crippen LogP contribution in [0.25, 0.3) is 10.9 Å². The molecule has 4 aromatic rings. The molecule has 0 fully saturated rings. The van der Waals surface area contributed by atoms with E-state index >= 15 is 0 Å². The van der Waals surface area contributed by atoms with Gasteiger partial charge in [0.15, 0.2) is 6.10 Å². The maximum absolute atomic E-state index is 13.8. The molecule has 0 aliphatic heterocycles. The molecule has 0 spiro atoms. The van der Waals surface area contributed by atoms with Crippen LogP contribution in [0.15, 0.2) is 72.8 Å². The smallest absolute Gasteiger partial charge is 0.340 e. The van der Waals surface area contributed by atoms with Gasteiger partial charge in [0.05, 0.1) is 11.1 Å². The van der Waals surface area contributed by atoms with Crippen LogP contribution in [0.5, 0.6) is 0 Å². The third-order valence-electron chi connectivity index (χ3n) is 6.30. The van der Waals surface area contributed by atoms with Gasteiger partial charge in [-0.2, -0.15) is 0 Å². The van der Waals surface area contributed by atoms with Gasteiger partial charge in [0.1, 0.15) is 0 Å². The standard InChI is InChI=1S/C31H31NO3/c1-5-9-26-24(6-2)28(25-10-7-8-11-27(25)32-26)31(34)35-30(23-18-14-21(4)15-19-23)29(33)22-16-12-20(3)13-17-22/h7-8,10-19,30H,5-6,9H2,1-4H3/t30-/m1/s1. The van der Waals surface area contributed by atoms with E-state index in [0.29, 0.717) is 23.1 Å². The quantitative estimate of drug-likeness (QED) is 0.205. The molecule has 3 aromatic carbocycles. The number of hydrogen-bond acceptors (Lipinski definition) is 4. The summed E-state index contributed by atoms with van der Waals surface area (Å²) in [4.78, 5) is 32.3. The van der Waals surface area contributed by atoms with E-state index in [-0.39, 0.29) is 5.78 Å². The van der Waals surface area contributed by atoms with Crippen molar-refractivity contribution in [3.63, 3.8) is 0 Å². The van der Waals surface area contributed by atoms with Crippen LogP contribution in [0.4, 0.5) is 0 Å². The van der Waals surface area contributed by atoms with Crippen molar-refractivity contribution in [2.45, 2.75) is 53.1 Å².